The Morgan fingerprint density at radius 1 is 0.667 bits per heavy atom. The SMILES string of the molecule is CB(O)N[C@@H](C)C(=O)N(C)C.CB(O)N[C@@H](C)C(=O)O.CNC.C[C@@H](CN(C)C)N1C(=O)c2cc(N)c([N+](=O)[O-])cc2C1=O.C[C@H](N)C(=O)N(C)C.C[C@H](N)CN(C)C.Cl.Nc1cc2c(cc1[N+](=O)[O-])C(=O)NC2=O. The standard InChI is InChI=1S/C13H16N4O4.C8H5N3O4.C6H15BN2O2.C5H12N2O.C5H14N2.C4H10BNO3.C2H7N.ClH/c1-7(6-15(2)3)16-12(18)8-4-10(14)11(17(20)21)5-9(8)13(16)19;9-5-1-3-4(2-6(5)11(14)15)8(13)10-7(3)12;1-5(8-7(2)11)6(10)9(3)4;1-4(6)5(8)7(2)3;1-5(6)4-7(2)3;1-3(4(7)8)6-5(2)9;1-3-2;/h4-5,7H,6,14H2,1-3H3;1-2H,9H2,(H,10,12,13);5,8,11H,1-4H3;4H,6H2,1-3H3;5H,4,6H2,1-3H3;3,6,9H,1-2H3,(H,7,8);3H,1-2H3;1H/t7-;;5-;4-;5-;3-;;/m0.0000../s1. The highest BCUT2D eigenvalue weighted by molar-refractivity contribution is 6.46. The second kappa shape index (κ2) is 36.5. The van der Waals surface area contributed by atoms with Crippen LogP contribution in [-0.4, -0.2) is 219 Å². The lowest BCUT2D eigenvalue weighted by Crippen LogP contribution is -2.47. The third-order valence-corrected chi connectivity index (χ3v) is 9.06. The molecule has 2 aliphatic heterocycles. The van der Waals surface area contributed by atoms with Crippen molar-refractivity contribution in [2.45, 2.75) is 78.5 Å². The van der Waals surface area contributed by atoms with E-state index in [9.17, 15) is 53.8 Å². The molecule has 0 saturated carbocycles. The average molecular weight is 1090 g/mol. The van der Waals surface area contributed by atoms with Crippen molar-refractivity contribution in [3.63, 3.8) is 0 Å². The third kappa shape index (κ3) is 28.2. The van der Waals surface area contributed by atoms with Gasteiger partial charge in [0.25, 0.3) is 35.0 Å². The van der Waals surface area contributed by atoms with Gasteiger partial charge in [0, 0.05) is 59.5 Å². The highest BCUT2D eigenvalue weighted by Crippen LogP contribution is 2.33. The van der Waals surface area contributed by atoms with Gasteiger partial charge in [-0.2, -0.15) is 0 Å². The van der Waals surface area contributed by atoms with Crippen LogP contribution in [0, 0.1) is 20.2 Å². The van der Waals surface area contributed by atoms with E-state index in [1.54, 1.807) is 55.8 Å². The van der Waals surface area contributed by atoms with Crippen LogP contribution in [0.5, 0.6) is 0 Å². The summed E-state index contributed by atoms with van der Waals surface area (Å²) in [5.74, 6) is -3.25. The first-order chi connectivity index (χ1) is 33.8. The molecule has 0 unspecified atom stereocenters. The fraction of sp³-hybridized carbons (Fsp3) is 0.558. The molecule has 4 rings (SSSR count). The number of hydrogen-bond acceptors (Lipinski definition) is 22. The number of carbonyl (C=O) groups excluding carboxylic acids is 6. The van der Waals surface area contributed by atoms with Crippen LogP contribution < -0.4 is 44.0 Å². The average Bonchev–Trinajstić information content (AvgIpc) is 3.66. The summed E-state index contributed by atoms with van der Waals surface area (Å²) in [6, 6.07) is 2.99. The fourth-order valence-corrected chi connectivity index (χ4v) is 6.09. The number of rotatable bonds is 14. The topological polar surface area (TPSA) is 435 Å². The molecule has 2 aromatic rings. The molecule has 32 heteroatoms. The van der Waals surface area contributed by atoms with Crippen LogP contribution in [0.25, 0.3) is 0 Å². The van der Waals surface area contributed by atoms with E-state index in [1.165, 1.54) is 29.6 Å². The Morgan fingerprint density at radius 2 is 1.00 bits per heavy atom. The summed E-state index contributed by atoms with van der Waals surface area (Å²) < 4.78 is 0. The van der Waals surface area contributed by atoms with Crippen molar-refractivity contribution >= 4 is 90.7 Å². The van der Waals surface area contributed by atoms with Crippen LogP contribution in [0.2, 0.25) is 13.6 Å². The van der Waals surface area contributed by atoms with Gasteiger partial charge in [-0.1, -0.05) is 0 Å². The first-order valence-corrected chi connectivity index (χ1v) is 22.6. The second-order valence-electron chi connectivity index (χ2n) is 17.8. The number of hydrogen-bond donors (Lipinski definition) is 11. The Kier molecular flexibility index (Phi) is 36.6. The fourth-order valence-electron chi connectivity index (χ4n) is 6.09. The molecule has 424 valence electrons. The molecular formula is C43H80B2ClN15O14. The zero-order valence-corrected chi connectivity index (χ0v) is 46.8. The van der Waals surface area contributed by atoms with E-state index in [-0.39, 0.29) is 87.4 Å². The normalized spacial score (nSPS) is 13.5. The van der Waals surface area contributed by atoms with E-state index in [0.29, 0.717) is 12.6 Å². The zero-order chi connectivity index (χ0) is 58.8. The molecule has 0 fully saturated rings. The minimum atomic E-state index is -0.962. The van der Waals surface area contributed by atoms with Crippen molar-refractivity contribution < 1.29 is 58.6 Å². The van der Waals surface area contributed by atoms with E-state index >= 15 is 0 Å². The number of benzene rings is 2. The van der Waals surface area contributed by atoms with Crippen molar-refractivity contribution in [1.82, 2.24) is 45.6 Å². The Morgan fingerprint density at radius 3 is 1.27 bits per heavy atom. The van der Waals surface area contributed by atoms with Gasteiger partial charge in [-0.15, -0.1) is 12.4 Å². The number of halogens is 1. The summed E-state index contributed by atoms with van der Waals surface area (Å²) in [4.78, 5) is 107. The first-order valence-electron chi connectivity index (χ1n) is 22.6. The number of nitrogens with one attached hydrogen (secondary N) is 4. The van der Waals surface area contributed by atoms with Crippen LogP contribution >= 0.6 is 12.4 Å². The minimum absolute atomic E-state index is 0. The predicted octanol–water partition coefficient (Wildman–Crippen LogP) is -1.32. The van der Waals surface area contributed by atoms with Crippen LogP contribution in [-0.2, 0) is 14.4 Å². The van der Waals surface area contributed by atoms with Crippen molar-refractivity contribution in [2.75, 3.05) is 95.0 Å². The Hall–Kier alpha value is -6.41. The molecule has 2 aromatic carbocycles. The maximum atomic E-state index is 12.3. The number of carboxylic acids is 1. The Labute approximate surface area is 445 Å². The van der Waals surface area contributed by atoms with Crippen molar-refractivity contribution in [3.8, 4) is 0 Å². The van der Waals surface area contributed by atoms with Gasteiger partial charge < -0.3 is 73.5 Å². The lowest BCUT2D eigenvalue weighted by Gasteiger charge is -2.25. The molecule has 6 amide bonds. The van der Waals surface area contributed by atoms with Crippen LogP contribution in [0.15, 0.2) is 24.3 Å². The van der Waals surface area contributed by atoms with Gasteiger partial charge in [0.1, 0.15) is 11.4 Å². The molecule has 0 aliphatic carbocycles. The highest BCUT2D eigenvalue weighted by Gasteiger charge is 2.40. The van der Waals surface area contributed by atoms with E-state index in [1.807, 2.05) is 59.4 Å². The maximum Gasteiger partial charge on any atom is 0.374 e. The summed E-state index contributed by atoms with van der Waals surface area (Å²) in [7, 11) is 16.8. The molecule has 15 N–H and O–H groups in total. The van der Waals surface area contributed by atoms with Crippen LogP contribution in [0.3, 0.4) is 0 Å². The summed E-state index contributed by atoms with van der Waals surface area (Å²) in [5, 5.41) is 57.0. The number of nitro benzene ring substituents is 2. The number of nitro groups is 2. The van der Waals surface area contributed by atoms with Gasteiger partial charge in [-0.25, -0.2) is 0 Å². The van der Waals surface area contributed by atoms with Gasteiger partial charge >= 0.3 is 20.1 Å². The van der Waals surface area contributed by atoms with Crippen molar-refractivity contribution in [3.05, 3.63) is 66.7 Å². The summed E-state index contributed by atoms with van der Waals surface area (Å²) in [6.07, 6.45) is 0. The largest absolute Gasteiger partial charge is 0.480 e. The number of likely N-dealkylation sites (N-methyl/N-ethyl adjacent to an activating group) is 4. The van der Waals surface area contributed by atoms with Crippen molar-refractivity contribution in [1.29, 1.82) is 0 Å². The molecule has 5 atom stereocenters. The number of anilines is 2. The quantitative estimate of drug-likeness (QED) is 0.0344. The highest BCUT2D eigenvalue weighted by atomic mass is 35.5. The smallest absolute Gasteiger partial charge is 0.374 e. The molecular weight excluding hydrogens is 1010 g/mol. The first kappa shape index (κ1) is 75.1. The molecule has 75 heavy (non-hydrogen) atoms. The maximum absolute atomic E-state index is 12.3. The van der Waals surface area contributed by atoms with Crippen LogP contribution in [0.1, 0.15) is 76.1 Å². The molecule has 2 heterocycles. The molecule has 0 bridgehead atoms. The van der Waals surface area contributed by atoms with E-state index in [2.05, 4.69) is 20.7 Å². The summed E-state index contributed by atoms with van der Waals surface area (Å²) >= 11 is 0. The number of nitrogens with zero attached hydrogens (tertiary/aromatic N) is 7. The number of nitrogens with two attached hydrogens (primary N) is 4. The molecule has 29 nitrogen and oxygen atoms in total. The monoisotopic (exact) mass is 1090 g/mol. The number of carboxylic acid groups (broad SMARTS) is 1. The van der Waals surface area contributed by atoms with Gasteiger partial charge in [0.15, 0.2) is 0 Å². The van der Waals surface area contributed by atoms with Gasteiger partial charge in [-0.3, -0.25) is 64.0 Å². The van der Waals surface area contributed by atoms with E-state index in [0.717, 1.165) is 29.6 Å². The number of carbonyl (C=O) groups is 7. The lowest BCUT2D eigenvalue weighted by molar-refractivity contribution is -0.384. The van der Waals surface area contributed by atoms with Gasteiger partial charge in [0.05, 0.1) is 56.3 Å². The molecule has 0 aromatic heterocycles. The van der Waals surface area contributed by atoms with Gasteiger partial charge in [-0.05, 0) is 103 Å². The second-order valence-corrected chi connectivity index (χ2v) is 17.8. The zero-order valence-electron chi connectivity index (χ0n) is 45.9. The van der Waals surface area contributed by atoms with E-state index < -0.39 is 59.6 Å². The third-order valence-electron chi connectivity index (χ3n) is 9.06. The number of fused-ring (bicyclic) bond motifs is 2. The Bertz CT molecular complexity index is 2210. The van der Waals surface area contributed by atoms with Crippen molar-refractivity contribution in [2.24, 2.45) is 11.5 Å². The molecule has 0 spiro atoms. The molecule has 0 saturated heterocycles. The summed E-state index contributed by atoms with van der Waals surface area (Å²) in [5.41, 5.74) is 20.9. The lowest BCUT2D eigenvalue weighted by atomic mass is 9.87. The van der Waals surface area contributed by atoms with Crippen LogP contribution in [0.4, 0.5) is 22.7 Å². The number of amides is 6. The number of imide groups is 2. The predicted molar refractivity (Wildman–Crippen MR) is 291 cm³/mol. The summed E-state index contributed by atoms with van der Waals surface area (Å²) in [6.45, 7) is 13.1. The Balaban J connectivity index is -0.000000416. The van der Waals surface area contributed by atoms with E-state index in [4.69, 9.17) is 38.1 Å². The van der Waals surface area contributed by atoms with Gasteiger partial charge in [0.2, 0.25) is 11.8 Å². The molecule has 0 radical (unpaired) electrons. The number of nitrogen functional groups attached to an aromatic ring is 2. The molecule has 2 aliphatic rings. The minimum Gasteiger partial charge on any atom is -0.480 e. The number of aliphatic carboxylic acids is 1.